The van der Waals surface area contributed by atoms with Crippen LogP contribution >= 0.6 is 0 Å². The Kier molecular flexibility index (Phi) is 4.96. The van der Waals surface area contributed by atoms with Gasteiger partial charge in [0.2, 0.25) is 0 Å². The minimum Gasteiger partial charge on any atom is -0.495 e. The highest BCUT2D eigenvalue weighted by Crippen LogP contribution is 2.25. The predicted octanol–water partition coefficient (Wildman–Crippen LogP) is 1.15. The maximum Gasteiger partial charge on any atom is 0.136 e. The van der Waals surface area contributed by atoms with Gasteiger partial charge in [0.15, 0.2) is 0 Å². The first-order valence-corrected chi connectivity index (χ1v) is 6.66. The molecular weight excluding hydrogens is 256 g/mol. The van der Waals surface area contributed by atoms with E-state index in [9.17, 15) is 5.11 Å². The van der Waals surface area contributed by atoms with E-state index in [2.05, 4.69) is 11.0 Å². The summed E-state index contributed by atoms with van der Waals surface area (Å²) in [5.74, 6) is 0.591. The molecule has 20 heavy (non-hydrogen) atoms. The van der Waals surface area contributed by atoms with Crippen molar-refractivity contribution in [1.29, 1.82) is 5.26 Å². The van der Waals surface area contributed by atoms with Gasteiger partial charge in [0.05, 0.1) is 25.4 Å². The van der Waals surface area contributed by atoms with Crippen molar-refractivity contribution >= 4 is 0 Å². The van der Waals surface area contributed by atoms with Crippen LogP contribution in [0.1, 0.15) is 17.5 Å². The molecule has 1 aromatic rings. The topological polar surface area (TPSA) is 65.7 Å². The first-order valence-electron chi connectivity index (χ1n) is 6.66. The van der Waals surface area contributed by atoms with Gasteiger partial charge in [-0.1, -0.05) is 6.07 Å². The van der Waals surface area contributed by atoms with E-state index >= 15 is 0 Å². The van der Waals surface area contributed by atoms with E-state index in [1.165, 1.54) is 0 Å². The number of likely N-dealkylation sites (tertiary alicyclic amines) is 1. The van der Waals surface area contributed by atoms with Gasteiger partial charge >= 0.3 is 0 Å². The number of rotatable bonds is 5. The minimum absolute atomic E-state index is 0.126. The van der Waals surface area contributed by atoms with Crippen LogP contribution in [0.5, 0.6) is 5.75 Å². The van der Waals surface area contributed by atoms with Crippen molar-refractivity contribution in [3.63, 3.8) is 0 Å². The fourth-order valence-corrected chi connectivity index (χ4v) is 2.65. The smallest absolute Gasteiger partial charge is 0.136 e. The van der Waals surface area contributed by atoms with E-state index in [0.29, 0.717) is 17.9 Å². The molecule has 1 aromatic carbocycles. The zero-order valence-corrected chi connectivity index (χ0v) is 11.9. The van der Waals surface area contributed by atoms with Crippen molar-refractivity contribution in [2.45, 2.75) is 25.1 Å². The van der Waals surface area contributed by atoms with Crippen LogP contribution in [-0.4, -0.2) is 49.5 Å². The van der Waals surface area contributed by atoms with Gasteiger partial charge in [0, 0.05) is 26.2 Å². The predicted molar refractivity (Wildman–Crippen MR) is 74.4 cm³/mol. The number of nitrogens with zero attached hydrogens (tertiary/aromatic N) is 2. The lowest BCUT2D eigenvalue weighted by Gasteiger charge is -2.22. The van der Waals surface area contributed by atoms with Gasteiger partial charge in [-0.25, -0.2) is 0 Å². The lowest BCUT2D eigenvalue weighted by molar-refractivity contribution is 0.107. The van der Waals surface area contributed by atoms with Crippen LogP contribution in [-0.2, 0) is 11.3 Å². The Hall–Kier alpha value is -1.61. The average molecular weight is 276 g/mol. The second-order valence-corrected chi connectivity index (χ2v) is 5.01. The Morgan fingerprint density at radius 2 is 2.25 bits per heavy atom. The van der Waals surface area contributed by atoms with Gasteiger partial charge in [-0.15, -0.1) is 0 Å². The summed E-state index contributed by atoms with van der Waals surface area (Å²) in [5, 5.41) is 18.4. The van der Waals surface area contributed by atoms with Gasteiger partial charge in [-0.05, 0) is 24.1 Å². The maximum atomic E-state index is 9.45. The third kappa shape index (κ3) is 3.10. The van der Waals surface area contributed by atoms with E-state index in [0.717, 1.165) is 18.5 Å². The first-order chi connectivity index (χ1) is 9.71. The van der Waals surface area contributed by atoms with E-state index in [1.807, 2.05) is 12.1 Å². The zero-order valence-electron chi connectivity index (χ0n) is 11.9. The number of ether oxygens (including phenoxy) is 2. The Labute approximate surface area is 119 Å². The minimum atomic E-state index is 0.126. The number of hydrogen-bond donors (Lipinski definition) is 1. The van der Waals surface area contributed by atoms with Crippen LogP contribution in [0.2, 0.25) is 0 Å². The number of nitriles is 1. The summed E-state index contributed by atoms with van der Waals surface area (Å²) in [6.07, 6.45) is 1.02. The fraction of sp³-hybridized carbons (Fsp3) is 0.533. The van der Waals surface area contributed by atoms with Crippen LogP contribution in [0, 0.1) is 11.3 Å². The third-order valence-electron chi connectivity index (χ3n) is 3.81. The van der Waals surface area contributed by atoms with Crippen molar-refractivity contribution in [3.8, 4) is 11.8 Å². The number of hydrogen-bond acceptors (Lipinski definition) is 5. The molecule has 0 amide bonds. The molecule has 2 atom stereocenters. The standard InChI is InChI=1S/C15H20N2O3/c1-19-14-6-13(10-18)17(9-14)8-11-3-4-12(7-16)15(5-11)20-2/h3-5,13-14,18H,6,8-10H2,1-2H3/t13-,14-/m0/s1. The van der Waals surface area contributed by atoms with Crippen molar-refractivity contribution in [1.82, 2.24) is 4.90 Å². The molecule has 5 heteroatoms. The second-order valence-electron chi connectivity index (χ2n) is 5.01. The molecule has 108 valence electrons. The van der Waals surface area contributed by atoms with Crippen LogP contribution in [0.15, 0.2) is 18.2 Å². The summed E-state index contributed by atoms with van der Waals surface area (Å²) in [7, 11) is 3.26. The molecule has 0 saturated carbocycles. The molecule has 0 bridgehead atoms. The number of aliphatic hydroxyl groups excluding tert-OH is 1. The highest BCUT2D eigenvalue weighted by molar-refractivity contribution is 5.45. The summed E-state index contributed by atoms with van der Waals surface area (Å²) in [6, 6.07) is 7.81. The normalized spacial score (nSPS) is 22.7. The van der Waals surface area contributed by atoms with Gasteiger partial charge in [0.25, 0.3) is 0 Å². The maximum absolute atomic E-state index is 9.45. The Morgan fingerprint density at radius 3 is 2.85 bits per heavy atom. The largest absolute Gasteiger partial charge is 0.495 e. The molecular formula is C15H20N2O3. The van der Waals surface area contributed by atoms with Crippen LogP contribution in [0.25, 0.3) is 0 Å². The summed E-state index contributed by atoms with van der Waals surface area (Å²) >= 11 is 0. The van der Waals surface area contributed by atoms with E-state index in [1.54, 1.807) is 20.3 Å². The summed E-state index contributed by atoms with van der Waals surface area (Å²) in [4.78, 5) is 2.20. The van der Waals surface area contributed by atoms with Gasteiger partial charge in [-0.3, -0.25) is 4.90 Å². The molecule has 1 heterocycles. The van der Waals surface area contributed by atoms with E-state index < -0.39 is 0 Å². The third-order valence-corrected chi connectivity index (χ3v) is 3.81. The number of aliphatic hydroxyl groups is 1. The van der Waals surface area contributed by atoms with Crippen LogP contribution < -0.4 is 4.74 Å². The van der Waals surface area contributed by atoms with Gasteiger partial charge in [0.1, 0.15) is 11.8 Å². The zero-order chi connectivity index (χ0) is 14.5. The van der Waals surface area contributed by atoms with E-state index in [-0.39, 0.29) is 18.8 Å². The number of methoxy groups -OCH3 is 2. The molecule has 1 fully saturated rings. The fourth-order valence-electron chi connectivity index (χ4n) is 2.65. The summed E-state index contributed by atoms with van der Waals surface area (Å²) < 4.78 is 10.6. The lowest BCUT2D eigenvalue weighted by Crippen LogP contribution is -2.31. The Bertz CT molecular complexity index is 498. The molecule has 0 spiro atoms. The van der Waals surface area contributed by atoms with Crippen LogP contribution in [0.4, 0.5) is 0 Å². The highest BCUT2D eigenvalue weighted by atomic mass is 16.5. The van der Waals surface area contributed by atoms with Crippen molar-refractivity contribution in [2.75, 3.05) is 27.4 Å². The molecule has 0 unspecified atom stereocenters. The Morgan fingerprint density at radius 1 is 1.45 bits per heavy atom. The molecule has 5 nitrogen and oxygen atoms in total. The van der Waals surface area contributed by atoms with Gasteiger partial charge < -0.3 is 14.6 Å². The molecule has 0 radical (unpaired) electrons. The Balaban J connectivity index is 2.11. The molecule has 1 aliphatic rings. The SMILES string of the molecule is COc1cc(CN2C[C@@H](OC)C[C@H]2CO)ccc1C#N. The first kappa shape index (κ1) is 14.8. The van der Waals surface area contributed by atoms with Crippen molar-refractivity contribution < 1.29 is 14.6 Å². The highest BCUT2D eigenvalue weighted by Gasteiger charge is 2.31. The second kappa shape index (κ2) is 6.71. The molecule has 0 aromatic heterocycles. The molecule has 1 aliphatic heterocycles. The van der Waals surface area contributed by atoms with Crippen LogP contribution in [0.3, 0.4) is 0 Å². The lowest BCUT2D eigenvalue weighted by atomic mass is 10.1. The molecule has 2 rings (SSSR count). The molecule has 1 N–H and O–H groups in total. The van der Waals surface area contributed by atoms with Crippen molar-refractivity contribution in [2.24, 2.45) is 0 Å². The van der Waals surface area contributed by atoms with E-state index in [4.69, 9.17) is 14.7 Å². The molecule has 0 aliphatic carbocycles. The quantitative estimate of drug-likeness (QED) is 0.874. The monoisotopic (exact) mass is 276 g/mol. The number of benzene rings is 1. The van der Waals surface area contributed by atoms with Gasteiger partial charge in [-0.2, -0.15) is 5.26 Å². The summed E-state index contributed by atoms with van der Waals surface area (Å²) in [6.45, 7) is 1.66. The molecule has 1 saturated heterocycles. The average Bonchev–Trinajstić information content (AvgIpc) is 2.89. The van der Waals surface area contributed by atoms with Crippen molar-refractivity contribution in [3.05, 3.63) is 29.3 Å². The summed E-state index contributed by atoms with van der Waals surface area (Å²) in [5.41, 5.74) is 1.60.